The minimum absolute atomic E-state index is 0.188. The molecule has 0 saturated carbocycles. The number of hydrogen-bond acceptors (Lipinski definition) is 4. The van der Waals surface area contributed by atoms with Crippen molar-refractivity contribution < 1.29 is 9.53 Å². The van der Waals surface area contributed by atoms with Gasteiger partial charge in [0.2, 0.25) is 0 Å². The Morgan fingerprint density at radius 2 is 1.85 bits per heavy atom. The maximum absolute atomic E-state index is 11.7. The molecule has 1 unspecified atom stereocenters. The number of methoxy groups -OCH3 is 1. The summed E-state index contributed by atoms with van der Waals surface area (Å²) in [6.07, 6.45) is 0. The highest BCUT2D eigenvalue weighted by atomic mass is 32.2. The molecule has 0 fully saturated rings. The second-order valence-electron chi connectivity index (χ2n) is 5.41. The fraction of sp³-hybridized carbons (Fsp3) is 0.562. The number of rotatable bonds is 7. The molecular weight excluding hydrogens is 270 g/mol. The first-order valence-corrected chi connectivity index (χ1v) is 8.06. The molecule has 0 amide bonds. The van der Waals surface area contributed by atoms with E-state index in [-0.39, 0.29) is 18.1 Å². The van der Waals surface area contributed by atoms with Gasteiger partial charge in [-0.2, -0.15) is 11.8 Å². The van der Waals surface area contributed by atoms with Gasteiger partial charge >= 0.3 is 5.97 Å². The fourth-order valence-corrected chi connectivity index (χ4v) is 3.16. The zero-order chi connectivity index (χ0) is 15.1. The van der Waals surface area contributed by atoms with E-state index in [4.69, 9.17) is 4.74 Å². The first kappa shape index (κ1) is 17.1. The van der Waals surface area contributed by atoms with Crippen molar-refractivity contribution in [3.05, 3.63) is 34.9 Å². The number of carbonyl (C=O) groups excluding carboxylic acids is 1. The average molecular weight is 295 g/mol. The van der Waals surface area contributed by atoms with Gasteiger partial charge in [0.1, 0.15) is 6.04 Å². The smallest absolute Gasteiger partial charge is 0.323 e. The highest BCUT2D eigenvalue weighted by molar-refractivity contribution is 7.98. The van der Waals surface area contributed by atoms with E-state index in [1.54, 1.807) is 11.8 Å². The highest BCUT2D eigenvalue weighted by Crippen LogP contribution is 2.17. The zero-order valence-corrected chi connectivity index (χ0v) is 13.8. The standard InChI is InChI=1S/C16H25NO2S/c1-11(2)17-15(16(18)19-5)10-20-9-14-7-12(3)6-13(4)8-14/h6-8,11,15,17H,9-10H2,1-5H3. The Morgan fingerprint density at radius 3 is 2.35 bits per heavy atom. The molecule has 4 heteroatoms. The maximum atomic E-state index is 11.7. The van der Waals surface area contributed by atoms with Gasteiger partial charge < -0.3 is 10.1 Å². The van der Waals surface area contributed by atoms with Gasteiger partial charge in [0, 0.05) is 17.5 Å². The Balaban J connectivity index is 2.53. The Bertz CT molecular complexity index is 426. The van der Waals surface area contributed by atoms with Crippen molar-refractivity contribution in [1.82, 2.24) is 5.32 Å². The lowest BCUT2D eigenvalue weighted by Crippen LogP contribution is -2.43. The fourth-order valence-electron chi connectivity index (χ4n) is 2.18. The molecule has 1 atom stereocenters. The Morgan fingerprint density at radius 1 is 1.25 bits per heavy atom. The first-order chi connectivity index (χ1) is 9.42. The summed E-state index contributed by atoms with van der Waals surface area (Å²) >= 11 is 1.75. The molecule has 3 nitrogen and oxygen atoms in total. The number of nitrogens with one attached hydrogen (secondary N) is 1. The summed E-state index contributed by atoms with van der Waals surface area (Å²) in [5.74, 6) is 1.44. The largest absolute Gasteiger partial charge is 0.468 e. The van der Waals surface area contributed by atoms with E-state index in [1.165, 1.54) is 23.8 Å². The molecule has 1 aromatic rings. The Labute approximate surface area is 126 Å². The molecule has 0 aromatic heterocycles. The molecule has 0 aliphatic heterocycles. The monoisotopic (exact) mass is 295 g/mol. The summed E-state index contributed by atoms with van der Waals surface area (Å²) < 4.78 is 4.84. The van der Waals surface area contributed by atoms with E-state index in [2.05, 4.69) is 37.4 Å². The van der Waals surface area contributed by atoms with Gasteiger partial charge in [0.05, 0.1) is 7.11 Å². The van der Waals surface area contributed by atoms with E-state index in [9.17, 15) is 4.79 Å². The molecule has 0 radical (unpaired) electrons. The van der Waals surface area contributed by atoms with Crippen LogP contribution in [0.1, 0.15) is 30.5 Å². The van der Waals surface area contributed by atoms with Gasteiger partial charge in [0.15, 0.2) is 0 Å². The number of benzene rings is 1. The number of aryl methyl sites for hydroxylation is 2. The van der Waals surface area contributed by atoms with Crippen molar-refractivity contribution in [2.24, 2.45) is 0 Å². The molecular formula is C16H25NO2S. The summed E-state index contributed by atoms with van der Waals surface area (Å²) in [6, 6.07) is 6.59. The van der Waals surface area contributed by atoms with Crippen LogP contribution in [-0.2, 0) is 15.3 Å². The third kappa shape index (κ3) is 5.97. The molecule has 0 bridgehead atoms. The summed E-state index contributed by atoms with van der Waals surface area (Å²) in [4.78, 5) is 11.7. The van der Waals surface area contributed by atoms with E-state index >= 15 is 0 Å². The van der Waals surface area contributed by atoms with Crippen LogP contribution in [0.25, 0.3) is 0 Å². The predicted molar refractivity (Wildman–Crippen MR) is 86.2 cm³/mol. The molecule has 0 heterocycles. The Hall–Kier alpha value is -1.00. The normalized spacial score (nSPS) is 12.5. The summed E-state index contributed by atoms with van der Waals surface area (Å²) in [5, 5.41) is 3.24. The van der Waals surface area contributed by atoms with Crippen molar-refractivity contribution in [2.75, 3.05) is 12.9 Å². The topological polar surface area (TPSA) is 38.3 Å². The lowest BCUT2D eigenvalue weighted by Gasteiger charge is -2.18. The summed E-state index contributed by atoms with van der Waals surface area (Å²) in [6.45, 7) is 8.28. The molecule has 112 valence electrons. The molecule has 0 saturated heterocycles. The molecule has 0 aliphatic carbocycles. The maximum Gasteiger partial charge on any atom is 0.323 e. The molecule has 1 aromatic carbocycles. The van der Waals surface area contributed by atoms with Crippen molar-refractivity contribution in [3.8, 4) is 0 Å². The first-order valence-electron chi connectivity index (χ1n) is 6.91. The van der Waals surface area contributed by atoms with E-state index in [1.807, 2.05) is 13.8 Å². The van der Waals surface area contributed by atoms with Crippen LogP contribution in [0.5, 0.6) is 0 Å². The molecule has 1 rings (SSSR count). The van der Waals surface area contributed by atoms with Gasteiger partial charge in [0.25, 0.3) is 0 Å². The van der Waals surface area contributed by atoms with Crippen LogP contribution in [0.4, 0.5) is 0 Å². The van der Waals surface area contributed by atoms with Crippen LogP contribution in [0.3, 0.4) is 0 Å². The third-order valence-electron chi connectivity index (χ3n) is 2.85. The van der Waals surface area contributed by atoms with Crippen molar-refractivity contribution in [1.29, 1.82) is 0 Å². The molecule has 20 heavy (non-hydrogen) atoms. The number of thioether (sulfide) groups is 1. The van der Waals surface area contributed by atoms with Crippen LogP contribution < -0.4 is 5.32 Å². The number of hydrogen-bond donors (Lipinski definition) is 1. The van der Waals surface area contributed by atoms with Crippen LogP contribution >= 0.6 is 11.8 Å². The third-order valence-corrected chi connectivity index (χ3v) is 3.96. The van der Waals surface area contributed by atoms with Crippen LogP contribution in [-0.4, -0.2) is 30.9 Å². The van der Waals surface area contributed by atoms with Crippen LogP contribution in [0.15, 0.2) is 18.2 Å². The zero-order valence-electron chi connectivity index (χ0n) is 13.0. The van der Waals surface area contributed by atoms with Crippen LogP contribution in [0, 0.1) is 13.8 Å². The predicted octanol–water partition coefficient (Wildman–Crippen LogP) is 3.08. The van der Waals surface area contributed by atoms with Crippen molar-refractivity contribution >= 4 is 17.7 Å². The lowest BCUT2D eigenvalue weighted by molar-refractivity contribution is -0.142. The van der Waals surface area contributed by atoms with E-state index in [0.717, 1.165) is 11.5 Å². The minimum atomic E-state index is -0.240. The van der Waals surface area contributed by atoms with Crippen molar-refractivity contribution in [2.45, 2.75) is 45.5 Å². The van der Waals surface area contributed by atoms with E-state index in [0.29, 0.717) is 0 Å². The quantitative estimate of drug-likeness (QED) is 0.785. The average Bonchev–Trinajstić information content (AvgIpc) is 2.35. The van der Waals surface area contributed by atoms with Gasteiger partial charge in [-0.25, -0.2) is 0 Å². The van der Waals surface area contributed by atoms with E-state index < -0.39 is 0 Å². The number of carbonyl (C=O) groups is 1. The van der Waals surface area contributed by atoms with Crippen LogP contribution in [0.2, 0.25) is 0 Å². The molecule has 0 spiro atoms. The van der Waals surface area contributed by atoms with Gasteiger partial charge in [-0.05, 0) is 19.4 Å². The number of esters is 1. The second-order valence-corrected chi connectivity index (χ2v) is 6.44. The Kier molecular flexibility index (Phi) is 7.10. The van der Waals surface area contributed by atoms with Gasteiger partial charge in [-0.3, -0.25) is 4.79 Å². The van der Waals surface area contributed by atoms with Gasteiger partial charge in [-0.15, -0.1) is 0 Å². The second kappa shape index (κ2) is 8.32. The minimum Gasteiger partial charge on any atom is -0.468 e. The molecule has 1 N–H and O–H groups in total. The van der Waals surface area contributed by atoms with Crippen molar-refractivity contribution in [3.63, 3.8) is 0 Å². The summed E-state index contributed by atoms with van der Waals surface area (Å²) in [5.41, 5.74) is 3.87. The lowest BCUT2D eigenvalue weighted by atomic mass is 10.1. The number of ether oxygens (including phenoxy) is 1. The SMILES string of the molecule is COC(=O)C(CSCc1cc(C)cc(C)c1)NC(C)C. The highest BCUT2D eigenvalue weighted by Gasteiger charge is 2.19. The summed E-state index contributed by atoms with van der Waals surface area (Å²) in [7, 11) is 1.44. The van der Waals surface area contributed by atoms with Gasteiger partial charge in [-0.1, -0.05) is 43.2 Å². The molecule has 0 aliphatic rings.